The van der Waals surface area contributed by atoms with Crippen LogP contribution < -0.4 is 17.2 Å². The Morgan fingerprint density at radius 2 is 2.29 bits per heavy atom. The lowest BCUT2D eigenvalue weighted by molar-refractivity contribution is 0.0800. The first-order valence-corrected chi connectivity index (χ1v) is 5.43. The minimum Gasteiger partial charge on any atom is -0.396 e. The summed E-state index contributed by atoms with van der Waals surface area (Å²) >= 11 is 0. The van der Waals surface area contributed by atoms with Crippen LogP contribution in [0.3, 0.4) is 0 Å². The van der Waals surface area contributed by atoms with Crippen LogP contribution in [0.4, 0.5) is 5.82 Å². The second-order valence-electron chi connectivity index (χ2n) is 4.36. The van der Waals surface area contributed by atoms with Crippen molar-refractivity contribution in [3.63, 3.8) is 0 Å². The van der Waals surface area contributed by atoms with E-state index in [4.69, 9.17) is 16.6 Å². The summed E-state index contributed by atoms with van der Waals surface area (Å²) in [6.07, 6.45) is 1.15. The minimum absolute atomic E-state index is 0.150. The summed E-state index contributed by atoms with van der Waals surface area (Å²) < 4.78 is 1.36. The highest BCUT2D eigenvalue weighted by Gasteiger charge is 2.41. The standard InChI is InChI=1S/C10H16N4O3/c11-7-1-2-14(10(17)13-7)6-3-5(4-15)9(16)8(6)12/h1-2,5-6,8-9,15-16H,3-4,12H2,(H2,11,13,17)/t5-,6-,8+,9-/m1/s1. The number of aliphatic hydroxyl groups excluding tert-OH is 2. The Labute approximate surface area is 97.7 Å². The van der Waals surface area contributed by atoms with Crippen molar-refractivity contribution in [2.24, 2.45) is 11.7 Å². The fraction of sp³-hybridized carbons (Fsp3) is 0.600. The van der Waals surface area contributed by atoms with Crippen LogP contribution in [0.2, 0.25) is 0 Å². The lowest BCUT2D eigenvalue weighted by Gasteiger charge is -2.19. The van der Waals surface area contributed by atoms with E-state index in [-0.39, 0.29) is 24.4 Å². The molecule has 6 N–H and O–H groups in total. The van der Waals surface area contributed by atoms with E-state index >= 15 is 0 Å². The van der Waals surface area contributed by atoms with Gasteiger partial charge >= 0.3 is 5.69 Å². The fourth-order valence-electron chi connectivity index (χ4n) is 2.31. The third kappa shape index (κ3) is 2.04. The van der Waals surface area contributed by atoms with Crippen molar-refractivity contribution in [1.82, 2.24) is 9.55 Å². The summed E-state index contributed by atoms with van der Waals surface area (Å²) in [7, 11) is 0. The van der Waals surface area contributed by atoms with Crippen molar-refractivity contribution < 1.29 is 10.2 Å². The number of aliphatic hydroxyl groups is 2. The Morgan fingerprint density at radius 1 is 1.59 bits per heavy atom. The van der Waals surface area contributed by atoms with Gasteiger partial charge in [0.1, 0.15) is 5.82 Å². The maximum atomic E-state index is 11.6. The quantitative estimate of drug-likeness (QED) is 0.476. The fourth-order valence-corrected chi connectivity index (χ4v) is 2.31. The van der Waals surface area contributed by atoms with E-state index in [0.29, 0.717) is 6.42 Å². The van der Waals surface area contributed by atoms with E-state index in [9.17, 15) is 9.90 Å². The average Bonchev–Trinajstić information content (AvgIpc) is 2.57. The van der Waals surface area contributed by atoms with Gasteiger partial charge in [0.15, 0.2) is 0 Å². The molecular formula is C10H16N4O3. The van der Waals surface area contributed by atoms with E-state index in [1.54, 1.807) is 0 Å². The van der Waals surface area contributed by atoms with Crippen LogP contribution in [0.1, 0.15) is 12.5 Å². The smallest absolute Gasteiger partial charge is 0.349 e. The summed E-state index contributed by atoms with van der Waals surface area (Å²) in [5.41, 5.74) is 10.8. The van der Waals surface area contributed by atoms with Gasteiger partial charge in [0.25, 0.3) is 0 Å². The zero-order valence-electron chi connectivity index (χ0n) is 9.23. The molecule has 0 amide bonds. The van der Waals surface area contributed by atoms with Crippen molar-refractivity contribution in [3.05, 3.63) is 22.7 Å². The van der Waals surface area contributed by atoms with Crippen molar-refractivity contribution in [2.75, 3.05) is 12.3 Å². The lowest BCUT2D eigenvalue weighted by atomic mass is 10.1. The Hall–Kier alpha value is -1.44. The third-order valence-electron chi connectivity index (χ3n) is 3.31. The van der Waals surface area contributed by atoms with Crippen molar-refractivity contribution in [2.45, 2.75) is 24.6 Å². The van der Waals surface area contributed by atoms with Crippen LogP contribution in [-0.2, 0) is 0 Å². The molecule has 1 fully saturated rings. The first-order chi connectivity index (χ1) is 8.04. The molecule has 4 atom stereocenters. The summed E-state index contributed by atoms with van der Waals surface area (Å²) in [5.74, 6) is -0.156. The molecule has 7 nitrogen and oxygen atoms in total. The second kappa shape index (κ2) is 4.44. The van der Waals surface area contributed by atoms with Crippen LogP contribution in [0.5, 0.6) is 0 Å². The van der Waals surface area contributed by atoms with E-state index in [2.05, 4.69) is 4.98 Å². The predicted molar refractivity (Wildman–Crippen MR) is 61.1 cm³/mol. The number of anilines is 1. The summed E-state index contributed by atoms with van der Waals surface area (Å²) in [6, 6.07) is 0.560. The number of hydrogen-bond donors (Lipinski definition) is 4. The van der Waals surface area contributed by atoms with Gasteiger partial charge in [-0.25, -0.2) is 4.79 Å². The van der Waals surface area contributed by atoms with Gasteiger partial charge in [-0.2, -0.15) is 4.98 Å². The van der Waals surface area contributed by atoms with Gasteiger partial charge < -0.3 is 21.7 Å². The molecular weight excluding hydrogens is 224 g/mol. The number of nitrogens with zero attached hydrogens (tertiary/aromatic N) is 2. The van der Waals surface area contributed by atoms with Gasteiger partial charge in [0, 0.05) is 18.7 Å². The van der Waals surface area contributed by atoms with E-state index in [1.165, 1.54) is 16.8 Å². The van der Waals surface area contributed by atoms with Crippen molar-refractivity contribution >= 4 is 5.82 Å². The van der Waals surface area contributed by atoms with Crippen LogP contribution >= 0.6 is 0 Å². The zero-order chi connectivity index (χ0) is 12.6. The van der Waals surface area contributed by atoms with Crippen molar-refractivity contribution in [1.29, 1.82) is 0 Å². The molecule has 1 saturated carbocycles. The Morgan fingerprint density at radius 3 is 2.82 bits per heavy atom. The third-order valence-corrected chi connectivity index (χ3v) is 3.31. The molecule has 1 aromatic heterocycles. The molecule has 94 valence electrons. The summed E-state index contributed by atoms with van der Waals surface area (Å²) in [6.45, 7) is -0.150. The topological polar surface area (TPSA) is 127 Å². The Bertz CT molecular complexity index is 461. The minimum atomic E-state index is -0.811. The molecule has 0 aromatic carbocycles. The molecule has 1 aliphatic carbocycles. The average molecular weight is 240 g/mol. The molecule has 1 aliphatic rings. The van der Waals surface area contributed by atoms with Gasteiger partial charge in [0.05, 0.1) is 18.2 Å². The van der Waals surface area contributed by atoms with Gasteiger partial charge in [-0.3, -0.25) is 4.57 Å². The second-order valence-corrected chi connectivity index (χ2v) is 4.36. The molecule has 0 unspecified atom stereocenters. The summed E-state index contributed by atoms with van der Waals surface area (Å²) in [5, 5.41) is 18.9. The lowest BCUT2D eigenvalue weighted by Crippen LogP contribution is -2.41. The molecule has 1 aromatic rings. The molecule has 17 heavy (non-hydrogen) atoms. The molecule has 7 heteroatoms. The van der Waals surface area contributed by atoms with Crippen LogP contribution in [0.15, 0.2) is 17.1 Å². The monoisotopic (exact) mass is 240 g/mol. The zero-order valence-corrected chi connectivity index (χ0v) is 9.23. The van der Waals surface area contributed by atoms with Crippen molar-refractivity contribution in [3.8, 4) is 0 Å². The van der Waals surface area contributed by atoms with Crippen LogP contribution in [0, 0.1) is 5.92 Å². The van der Waals surface area contributed by atoms with Crippen LogP contribution in [-0.4, -0.2) is 38.5 Å². The maximum Gasteiger partial charge on any atom is 0.349 e. The molecule has 0 bridgehead atoms. The van der Waals surface area contributed by atoms with E-state index in [1.807, 2.05) is 0 Å². The summed E-state index contributed by atoms with van der Waals surface area (Å²) in [4.78, 5) is 15.3. The number of rotatable bonds is 2. The number of nitrogen functional groups attached to an aromatic ring is 1. The molecule has 1 heterocycles. The van der Waals surface area contributed by atoms with Gasteiger partial charge in [0.2, 0.25) is 0 Å². The molecule has 0 spiro atoms. The SMILES string of the molecule is Nc1ccn([C@@H]2C[C@H](CO)[C@@H](O)[C@H]2N)c(=O)n1. The Balaban J connectivity index is 2.32. The molecule has 0 radical (unpaired) electrons. The molecule has 0 aliphatic heterocycles. The predicted octanol–water partition coefficient (Wildman–Crippen LogP) is -1.93. The molecule has 0 saturated heterocycles. The highest BCUT2D eigenvalue weighted by atomic mass is 16.3. The molecule has 2 rings (SSSR count). The first-order valence-electron chi connectivity index (χ1n) is 5.43. The van der Waals surface area contributed by atoms with Gasteiger partial charge in [-0.15, -0.1) is 0 Å². The number of nitrogens with two attached hydrogens (primary N) is 2. The van der Waals surface area contributed by atoms with Crippen LogP contribution in [0.25, 0.3) is 0 Å². The highest BCUT2D eigenvalue weighted by molar-refractivity contribution is 5.23. The first kappa shape index (κ1) is 12.0. The highest BCUT2D eigenvalue weighted by Crippen LogP contribution is 2.32. The number of aromatic nitrogens is 2. The largest absolute Gasteiger partial charge is 0.396 e. The van der Waals surface area contributed by atoms with Gasteiger partial charge in [-0.05, 0) is 12.5 Å². The van der Waals surface area contributed by atoms with E-state index < -0.39 is 17.8 Å². The maximum absolute atomic E-state index is 11.6. The number of hydrogen-bond acceptors (Lipinski definition) is 6. The van der Waals surface area contributed by atoms with Gasteiger partial charge in [-0.1, -0.05) is 0 Å². The van der Waals surface area contributed by atoms with E-state index in [0.717, 1.165) is 0 Å². The normalized spacial score (nSPS) is 32.9. The Kier molecular flexibility index (Phi) is 3.14.